The molecule has 4 nitrogen and oxygen atoms in total. The van der Waals surface area contributed by atoms with Crippen molar-refractivity contribution < 1.29 is 17.8 Å². The zero-order valence-electron chi connectivity index (χ0n) is 15.4. The Bertz CT molecular complexity index is 790. The van der Waals surface area contributed by atoms with Gasteiger partial charge in [-0.15, -0.1) is 0 Å². The van der Waals surface area contributed by atoms with E-state index in [1.54, 1.807) is 44.2 Å². The number of rotatable bonds is 9. The molecule has 0 radical (unpaired) electrons. The van der Waals surface area contributed by atoms with Crippen LogP contribution in [-0.2, 0) is 30.8 Å². The van der Waals surface area contributed by atoms with E-state index >= 15 is 0 Å². The fourth-order valence-corrected chi connectivity index (χ4v) is 6.05. The highest BCUT2D eigenvalue weighted by molar-refractivity contribution is 7.98. The summed E-state index contributed by atoms with van der Waals surface area (Å²) in [6, 6.07) is 16.8. The van der Waals surface area contributed by atoms with Crippen molar-refractivity contribution >= 4 is 24.5 Å². The van der Waals surface area contributed by atoms with Gasteiger partial charge in [0.1, 0.15) is 4.65 Å². The Morgan fingerprint density at radius 1 is 0.962 bits per heavy atom. The number of hydrogen-bond acceptors (Lipinski definition) is 4. The topological polar surface area (TPSA) is 52.6 Å². The minimum absolute atomic E-state index is 0.164. The molecule has 0 saturated heterocycles. The van der Waals surface area contributed by atoms with Crippen molar-refractivity contribution in [3.05, 3.63) is 70.4 Å². The third-order valence-electron chi connectivity index (χ3n) is 3.69. The number of benzene rings is 2. The molecule has 140 valence electrons. The molecule has 0 bridgehead atoms. The molecule has 0 fully saturated rings. The smallest absolute Gasteiger partial charge is 0.305 e. The minimum atomic E-state index is -3.67. The maximum absolute atomic E-state index is 13.3. The molecule has 0 aromatic heterocycles. The molecule has 2 aromatic carbocycles. The molecule has 1 atom stereocenters. The van der Waals surface area contributed by atoms with E-state index in [0.717, 1.165) is 12.0 Å². The lowest BCUT2D eigenvalue weighted by molar-refractivity contribution is 0.228. The molecule has 1 unspecified atom stereocenters. The van der Waals surface area contributed by atoms with Gasteiger partial charge in [-0.05, 0) is 49.6 Å². The van der Waals surface area contributed by atoms with Crippen LogP contribution in [0.15, 0.2) is 64.1 Å². The molecule has 0 amide bonds. The highest BCUT2D eigenvalue weighted by atomic mass is 32.2. The zero-order chi connectivity index (χ0) is 19.0. The Labute approximate surface area is 158 Å². The van der Waals surface area contributed by atoms with Gasteiger partial charge < -0.3 is 9.05 Å². The molecule has 0 aliphatic rings. The van der Waals surface area contributed by atoms with E-state index in [9.17, 15) is 8.77 Å². The lowest BCUT2D eigenvalue weighted by atomic mass is 10.1. The molecule has 0 N–H and O–H groups in total. The molecule has 0 spiro atoms. The molecule has 2 rings (SSSR count). The van der Waals surface area contributed by atoms with Gasteiger partial charge in [0.2, 0.25) is 0 Å². The summed E-state index contributed by atoms with van der Waals surface area (Å²) in [7, 11) is -5.33. The molecule has 0 aliphatic heterocycles. The highest BCUT2D eigenvalue weighted by Crippen LogP contribution is 2.58. The van der Waals surface area contributed by atoms with Gasteiger partial charge in [0.25, 0.3) is 0 Å². The van der Waals surface area contributed by atoms with Gasteiger partial charge in [0.05, 0.1) is 24.0 Å². The predicted molar refractivity (Wildman–Crippen MR) is 108 cm³/mol. The van der Waals surface area contributed by atoms with Gasteiger partial charge in [-0.3, -0.25) is 4.57 Å². The van der Waals surface area contributed by atoms with Crippen molar-refractivity contribution in [2.75, 3.05) is 13.2 Å². The first-order valence-electron chi connectivity index (χ1n) is 8.71. The molecule has 0 heterocycles. The van der Waals surface area contributed by atoms with E-state index in [-0.39, 0.29) is 17.9 Å². The molecule has 0 aliphatic carbocycles. The van der Waals surface area contributed by atoms with E-state index < -0.39 is 18.4 Å². The van der Waals surface area contributed by atoms with Crippen LogP contribution in [0, 0.1) is 0 Å². The molecular weight excluding hydrogens is 367 g/mol. The second-order valence-corrected chi connectivity index (χ2v) is 9.24. The van der Waals surface area contributed by atoms with Crippen LogP contribution >= 0.6 is 7.60 Å². The monoisotopic (exact) mass is 392 g/mol. The summed E-state index contributed by atoms with van der Waals surface area (Å²) >= 11 is 0. The third kappa shape index (κ3) is 5.24. The van der Waals surface area contributed by atoms with Gasteiger partial charge in [0.15, 0.2) is 0 Å². The fraction of sp³-hybridized carbons (Fsp3) is 0.300. The van der Waals surface area contributed by atoms with E-state index in [0.29, 0.717) is 4.90 Å². The van der Waals surface area contributed by atoms with Crippen molar-refractivity contribution in [3.8, 4) is 0 Å². The summed E-state index contributed by atoms with van der Waals surface area (Å²) in [6.07, 6.45) is 2.60. The average Bonchev–Trinajstić information content (AvgIpc) is 2.67. The third-order valence-corrected chi connectivity index (χ3v) is 7.92. The maximum Gasteiger partial charge on any atom is 0.370 e. The van der Waals surface area contributed by atoms with Crippen LogP contribution in [0.5, 0.6) is 0 Å². The summed E-state index contributed by atoms with van der Waals surface area (Å²) in [4.78, 5) is 0.559. The molecule has 2 aromatic rings. The van der Waals surface area contributed by atoms with Crippen molar-refractivity contribution in [2.24, 2.45) is 0 Å². The van der Waals surface area contributed by atoms with Gasteiger partial charge in [-0.25, -0.2) is 4.21 Å². The van der Waals surface area contributed by atoms with Gasteiger partial charge in [-0.2, -0.15) is 0 Å². The Morgan fingerprint density at radius 2 is 1.54 bits per heavy atom. The zero-order valence-corrected chi connectivity index (χ0v) is 17.1. The largest absolute Gasteiger partial charge is 0.370 e. The van der Waals surface area contributed by atoms with Crippen LogP contribution < -0.4 is 0 Å². The number of aryl methyl sites for hydroxylation is 1. The van der Waals surface area contributed by atoms with Crippen molar-refractivity contribution in [1.82, 2.24) is 0 Å². The number of hydrogen-bond donors (Lipinski definition) is 0. The van der Waals surface area contributed by atoms with Crippen molar-refractivity contribution in [2.45, 2.75) is 32.1 Å². The summed E-state index contributed by atoms with van der Waals surface area (Å²) in [5, 5.41) is 0. The van der Waals surface area contributed by atoms with Crippen LogP contribution in [0.4, 0.5) is 0 Å². The lowest BCUT2D eigenvalue weighted by Crippen LogP contribution is -2.04. The Morgan fingerprint density at radius 3 is 2.04 bits per heavy atom. The van der Waals surface area contributed by atoms with Crippen LogP contribution in [-0.4, -0.2) is 17.4 Å². The second-order valence-electron chi connectivity index (χ2n) is 5.49. The predicted octanol–water partition coefficient (Wildman–Crippen LogP) is 5.62. The molecule has 0 saturated carbocycles. The Hall–Kier alpha value is -1.52. The van der Waals surface area contributed by atoms with Gasteiger partial charge in [-0.1, -0.05) is 49.4 Å². The van der Waals surface area contributed by atoms with Crippen molar-refractivity contribution in [1.29, 1.82) is 0 Å². The first-order chi connectivity index (χ1) is 12.5. The SMILES string of the molecule is CCOP(=O)(OCC)/C(=C\c1ccc(CC)cc1)S(=O)c1ccccc1. The molecule has 6 heteroatoms. The summed E-state index contributed by atoms with van der Waals surface area (Å²) < 4.78 is 37.6. The quantitative estimate of drug-likeness (QED) is 0.520. The van der Waals surface area contributed by atoms with Gasteiger partial charge in [0, 0.05) is 4.90 Å². The first kappa shape index (κ1) is 20.8. The van der Waals surface area contributed by atoms with Crippen LogP contribution in [0.25, 0.3) is 6.08 Å². The Kier molecular flexibility index (Phi) is 7.98. The van der Waals surface area contributed by atoms with Crippen LogP contribution in [0.3, 0.4) is 0 Å². The van der Waals surface area contributed by atoms with E-state index in [1.807, 2.05) is 30.3 Å². The second kappa shape index (κ2) is 9.98. The molecule has 26 heavy (non-hydrogen) atoms. The minimum Gasteiger partial charge on any atom is -0.305 e. The summed E-state index contributed by atoms with van der Waals surface area (Å²) in [5.74, 6) is 0. The van der Waals surface area contributed by atoms with E-state index in [1.165, 1.54) is 5.56 Å². The van der Waals surface area contributed by atoms with Crippen LogP contribution in [0.2, 0.25) is 0 Å². The molecular formula is C20H25O4PS. The highest BCUT2D eigenvalue weighted by Gasteiger charge is 2.34. The summed E-state index contributed by atoms with van der Waals surface area (Å²) in [5.41, 5.74) is 2.01. The normalized spacial score (nSPS) is 13.6. The fourth-order valence-electron chi connectivity index (χ4n) is 2.40. The first-order valence-corrected chi connectivity index (χ1v) is 11.4. The van der Waals surface area contributed by atoms with E-state index in [4.69, 9.17) is 9.05 Å². The van der Waals surface area contributed by atoms with E-state index in [2.05, 4.69) is 6.92 Å². The maximum atomic E-state index is 13.3. The van der Waals surface area contributed by atoms with Crippen LogP contribution in [0.1, 0.15) is 31.9 Å². The average molecular weight is 392 g/mol. The van der Waals surface area contributed by atoms with Gasteiger partial charge >= 0.3 is 7.60 Å². The standard InChI is InChI=1S/C20H25O4PS/c1-4-17-12-14-18(15-13-17)16-20(25(21,23-5-2)24-6-3)26(22)19-10-8-7-9-11-19/h7-16H,4-6H2,1-3H3/b20-16+. The summed E-state index contributed by atoms with van der Waals surface area (Å²) in [6.45, 7) is 5.97. The van der Waals surface area contributed by atoms with Crippen molar-refractivity contribution in [3.63, 3.8) is 0 Å². The Balaban J connectivity index is 2.54. The lowest BCUT2D eigenvalue weighted by Gasteiger charge is -2.20.